The van der Waals surface area contributed by atoms with Crippen molar-refractivity contribution in [1.82, 2.24) is 15.0 Å². The fourth-order valence-corrected chi connectivity index (χ4v) is 2.98. The van der Waals surface area contributed by atoms with Gasteiger partial charge in [-0.3, -0.25) is 5.43 Å². The molecule has 0 unspecified atom stereocenters. The molecule has 2 fully saturated rings. The Morgan fingerprint density at radius 3 is 2.30 bits per heavy atom. The first kappa shape index (κ1) is 13.4. The van der Waals surface area contributed by atoms with Crippen LogP contribution in [-0.4, -0.2) is 34.1 Å². The smallest absolute Gasteiger partial charge is 0.243 e. The van der Waals surface area contributed by atoms with E-state index in [9.17, 15) is 0 Å². The Morgan fingerprint density at radius 2 is 1.60 bits per heavy atom. The van der Waals surface area contributed by atoms with E-state index < -0.39 is 0 Å². The third-order valence-corrected chi connectivity index (χ3v) is 4.08. The van der Waals surface area contributed by atoms with Gasteiger partial charge in [0.2, 0.25) is 17.8 Å². The molecule has 1 saturated heterocycles. The van der Waals surface area contributed by atoms with Gasteiger partial charge in [0.15, 0.2) is 0 Å². The quantitative estimate of drug-likeness (QED) is 0.567. The van der Waals surface area contributed by atoms with Crippen LogP contribution >= 0.6 is 0 Å². The van der Waals surface area contributed by atoms with Crippen molar-refractivity contribution >= 4 is 17.8 Å². The van der Waals surface area contributed by atoms with E-state index in [2.05, 4.69) is 30.6 Å². The van der Waals surface area contributed by atoms with Crippen LogP contribution in [0, 0.1) is 0 Å². The lowest BCUT2D eigenvalue weighted by atomic mass is 9.96. The van der Waals surface area contributed by atoms with Gasteiger partial charge >= 0.3 is 0 Å². The number of rotatable bonds is 4. The van der Waals surface area contributed by atoms with Gasteiger partial charge in [-0.15, -0.1) is 0 Å². The summed E-state index contributed by atoms with van der Waals surface area (Å²) in [5, 5.41) is 3.43. The van der Waals surface area contributed by atoms with Crippen LogP contribution in [0.5, 0.6) is 0 Å². The van der Waals surface area contributed by atoms with E-state index in [0.29, 0.717) is 17.9 Å². The summed E-state index contributed by atoms with van der Waals surface area (Å²) in [6.45, 7) is 2.02. The van der Waals surface area contributed by atoms with Crippen LogP contribution in [0.1, 0.15) is 44.9 Å². The second-order valence-electron chi connectivity index (χ2n) is 5.60. The van der Waals surface area contributed by atoms with Crippen LogP contribution < -0.4 is 21.5 Å². The van der Waals surface area contributed by atoms with Gasteiger partial charge in [0, 0.05) is 19.1 Å². The summed E-state index contributed by atoms with van der Waals surface area (Å²) in [5.74, 6) is 7.27. The first-order chi connectivity index (χ1) is 9.85. The number of aromatic nitrogens is 3. The maximum atomic E-state index is 5.47. The van der Waals surface area contributed by atoms with Crippen molar-refractivity contribution in [3.63, 3.8) is 0 Å². The Morgan fingerprint density at radius 1 is 0.900 bits per heavy atom. The molecule has 0 amide bonds. The van der Waals surface area contributed by atoms with Crippen molar-refractivity contribution in [2.24, 2.45) is 5.84 Å². The van der Waals surface area contributed by atoms with Crippen molar-refractivity contribution in [3.05, 3.63) is 0 Å². The monoisotopic (exact) mass is 277 g/mol. The molecule has 0 atom stereocenters. The molecular weight excluding hydrogens is 254 g/mol. The maximum Gasteiger partial charge on any atom is 0.243 e. The van der Waals surface area contributed by atoms with Gasteiger partial charge in [0.1, 0.15) is 0 Å². The zero-order chi connectivity index (χ0) is 13.8. The molecule has 1 aromatic heterocycles. The van der Waals surface area contributed by atoms with Crippen LogP contribution in [-0.2, 0) is 0 Å². The fourth-order valence-electron chi connectivity index (χ4n) is 2.98. The van der Waals surface area contributed by atoms with E-state index in [0.717, 1.165) is 19.0 Å². The van der Waals surface area contributed by atoms with Gasteiger partial charge in [-0.25, -0.2) is 5.84 Å². The third-order valence-electron chi connectivity index (χ3n) is 4.08. The highest BCUT2D eigenvalue weighted by Crippen LogP contribution is 2.22. The highest BCUT2D eigenvalue weighted by molar-refractivity contribution is 5.44. The molecule has 3 rings (SSSR count). The van der Waals surface area contributed by atoms with Crippen LogP contribution in [0.4, 0.5) is 17.8 Å². The third kappa shape index (κ3) is 3.09. The molecule has 1 aliphatic carbocycles. The van der Waals surface area contributed by atoms with Gasteiger partial charge < -0.3 is 10.2 Å². The Labute approximate surface area is 119 Å². The van der Waals surface area contributed by atoms with E-state index in [4.69, 9.17) is 5.84 Å². The lowest BCUT2D eigenvalue weighted by Crippen LogP contribution is -2.27. The Kier molecular flexibility index (Phi) is 4.15. The normalized spacial score (nSPS) is 20.1. The van der Waals surface area contributed by atoms with Gasteiger partial charge in [-0.1, -0.05) is 19.3 Å². The molecule has 1 saturated carbocycles. The minimum absolute atomic E-state index is 0.431. The maximum absolute atomic E-state index is 5.47. The van der Waals surface area contributed by atoms with E-state index >= 15 is 0 Å². The van der Waals surface area contributed by atoms with Crippen LogP contribution in [0.2, 0.25) is 0 Å². The molecule has 20 heavy (non-hydrogen) atoms. The molecule has 7 nitrogen and oxygen atoms in total. The Balaban J connectivity index is 1.76. The van der Waals surface area contributed by atoms with Gasteiger partial charge in [0.05, 0.1) is 0 Å². The second kappa shape index (κ2) is 6.21. The first-order valence-corrected chi connectivity index (χ1v) is 7.59. The molecular formula is C13H23N7. The fraction of sp³-hybridized carbons (Fsp3) is 0.769. The summed E-state index contributed by atoms with van der Waals surface area (Å²) in [5.41, 5.74) is 2.54. The van der Waals surface area contributed by atoms with E-state index in [1.54, 1.807) is 0 Å². The number of hydrazine groups is 1. The largest absolute Gasteiger partial charge is 0.351 e. The number of nitrogens with one attached hydrogen (secondary N) is 2. The summed E-state index contributed by atoms with van der Waals surface area (Å²) in [4.78, 5) is 15.4. The number of anilines is 3. The lowest BCUT2D eigenvalue weighted by molar-refractivity contribution is 0.460. The van der Waals surface area contributed by atoms with E-state index in [1.165, 1.54) is 44.9 Å². The van der Waals surface area contributed by atoms with Crippen molar-refractivity contribution in [2.45, 2.75) is 51.0 Å². The van der Waals surface area contributed by atoms with Crippen LogP contribution in [0.25, 0.3) is 0 Å². The SMILES string of the molecule is NNc1nc(NC2CCCCC2)nc(N2CCCC2)n1. The zero-order valence-electron chi connectivity index (χ0n) is 11.8. The van der Waals surface area contributed by atoms with Crippen molar-refractivity contribution in [2.75, 3.05) is 28.7 Å². The minimum atomic E-state index is 0.431. The molecule has 0 aromatic carbocycles. The Hall–Kier alpha value is -1.63. The van der Waals surface area contributed by atoms with Crippen LogP contribution in [0.15, 0.2) is 0 Å². The topological polar surface area (TPSA) is 92.0 Å². The molecule has 0 spiro atoms. The number of nitrogen functional groups attached to an aromatic ring is 1. The number of hydrogen-bond donors (Lipinski definition) is 3. The average Bonchev–Trinajstić information content (AvgIpc) is 3.02. The van der Waals surface area contributed by atoms with Crippen molar-refractivity contribution in [3.8, 4) is 0 Å². The average molecular weight is 277 g/mol. The second-order valence-corrected chi connectivity index (χ2v) is 5.60. The predicted octanol–water partition coefficient (Wildman–Crippen LogP) is 1.50. The summed E-state index contributed by atoms with van der Waals surface area (Å²) >= 11 is 0. The summed E-state index contributed by atoms with van der Waals surface area (Å²) in [6, 6.07) is 0.475. The molecule has 0 radical (unpaired) electrons. The molecule has 0 bridgehead atoms. The molecule has 1 aliphatic heterocycles. The first-order valence-electron chi connectivity index (χ1n) is 7.59. The lowest BCUT2D eigenvalue weighted by Gasteiger charge is -2.23. The molecule has 4 N–H and O–H groups in total. The molecule has 2 heterocycles. The number of nitrogens with two attached hydrogens (primary N) is 1. The minimum Gasteiger partial charge on any atom is -0.351 e. The van der Waals surface area contributed by atoms with E-state index in [1.807, 2.05) is 0 Å². The molecule has 2 aliphatic rings. The van der Waals surface area contributed by atoms with Gasteiger partial charge in [-0.05, 0) is 25.7 Å². The van der Waals surface area contributed by atoms with Gasteiger partial charge in [0.25, 0.3) is 0 Å². The molecule has 7 heteroatoms. The Bertz CT molecular complexity index is 438. The van der Waals surface area contributed by atoms with Crippen molar-refractivity contribution < 1.29 is 0 Å². The summed E-state index contributed by atoms with van der Waals surface area (Å²) < 4.78 is 0. The summed E-state index contributed by atoms with van der Waals surface area (Å²) in [7, 11) is 0. The van der Waals surface area contributed by atoms with Crippen molar-refractivity contribution in [1.29, 1.82) is 0 Å². The van der Waals surface area contributed by atoms with E-state index in [-0.39, 0.29) is 0 Å². The number of nitrogens with zero attached hydrogens (tertiary/aromatic N) is 4. The number of hydrogen-bond acceptors (Lipinski definition) is 7. The van der Waals surface area contributed by atoms with Gasteiger partial charge in [-0.2, -0.15) is 15.0 Å². The molecule has 110 valence electrons. The standard InChI is InChI=1S/C13H23N7/c14-19-12-16-11(15-10-6-2-1-3-7-10)17-13(18-12)20-8-4-5-9-20/h10H,1-9,14H2,(H2,15,16,17,18,19). The molecule has 1 aromatic rings. The highest BCUT2D eigenvalue weighted by Gasteiger charge is 2.19. The predicted molar refractivity (Wildman–Crippen MR) is 79.6 cm³/mol. The highest BCUT2D eigenvalue weighted by atomic mass is 15.4. The van der Waals surface area contributed by atoms with Crippen LogP contribution in [0.3, 0.4) is 0 Å². The summed E-state index contributed by atoms with van der Waals surface area (Å²) in [6.07, 6.45) is 8.68. The zero-order valence-corrected chi connectivity index (χ0v) is 11.8.